The van der Waals surface area contributed by atoms with Gasteiger partial charge in [-0.05, 0) is 18.9 Å². The van der Waals surface area contributed by atoms with Gasteiger partial charge in [0.2, 0.25) is 0 Å². The molecule has 1 saturated carbocycles. The van der Waals surface area contributed by atoms with E-state index in [1.807, 2.05) is 16.7 Å². The first-order valence-electron chi connectivity index (χ1n) is 4.11. The van der Waals surface area contributed by atoms with Gasteiger partial charge in [0.15, 0.2) is 0 Å². The molecule has 4 nitrogen and oxygen atoms in total. The zero-order chi connectivity index (χ0) is 7.97. The molecule has 4 heteroatoms. The average Bonchev–Trinajstić information content (AvgIpc) is 2.86. The van der Waals surface area contributed by atoms with E-state index in [1.54, 1.807) is 6.20 Å². The van der Waals surface area contributed by atoms with E-state index in [0.29, 0.717) is 11.7 Å². The number of rotatable bonds is 1. The van der Waals surface area contributed by atoms with E-state index < -0.39 is 0 Å². The van der Waals surface area contributed by atoms with Crippen molar-refractivity contribution < 1.29 is 0 Å². The molecule has 12 heavy (non-hydrogen) atoms. The smallest absolute Gasteiger partial charge is 0.254 e. The predicted octanol–water partition coefficient (Wildman–Crippen LogP) is 1.00. The molecule has 0 radical (unpaired) electrons. The summed E-state index contributed by atoms with van der Waals surface area (Å²) >= 11 is 0. The molecule has 0 saturated heterocycles. The summed E-state index contributed by atoms with van der Waals surface area (Å²) in [5, 5.41) is 8.09. The van der Waals surface area contributed by atoms with Crippen LogP contribution in [0.4, 0.5) is 0 Å². The van der Waals surface area contributed by atoms with Crippen molar-refractivity contribution in [3.63, 3.8) is 0 Å². The highest BCUT2D eigenvalue weighted by Crippen LogP contribution is 2.38. The van der Waals surface area contributed by atoms with Crippen LogP contribution in [0.3, 0.4) is 0 Å². The number of nitrogens with zero attached hydrogens (tertiary/aromatic N) is 4. The second-order valence-electron chi connectivity index (χ2n) is 3.12. The quantitative estimate of drug-likeness (QED) is 0.625. The van der Waals surface area contributed by atoms with E-state index in [-0.39, 0.29) is 0 Å². The maximum atomic E-state index is 4.11. The second-order valence-corrected chi connectivity index (χ2v) is 3.12. The minimum atomic E-state index is 0.629. The molecule has 2 heterocycles. The largest absolute Gasteiger partial charge is 0.270 e. The number of hydrogen-bond donors (Lipinski definition) is 0. The van der Waals surface area contributed by atoms with Crippen molar-refractivity contribution in [2.75, 3.05) is 0 Å². The molecule has 0 unspecified atom stereocenters. The third-order valence-electron chi connectivity index (χ3n) is 2.16. The lowest BCUT2D eigenvalue weighted by atomic mass is 10.4. The van der Waals surface area contributed by atoms with Crippen molar-refractivity contribution in [3.05, 3.63) is 24.3 Å². The summed E-state index contributed by atoms with van der Waals surface area (Å²) < 4.78 is 1.97. The van der Waals surface area contributed by atoms with E-state index >= 15 is 0 Å². The summed E-state index contributed by atoms with van der Waals surface area (Å²) in [4.78, 5) is 4.10. The fraction of sp³-hybridized carbons (Fsp3) is 0.375. The molecule has 0 amide bonds. The molecule has 1 aliphatic rings. The van der Waals surface area contributed by atoms with Crippen LogP contribution in [0.25, 0.3) is 5.78 Å². The van der Waals surface area contributed by atoms with E-state index in [1.165, 1.54) is 12.8 Å². The molecule has 1 aliphatic carbocycles. The molecule has 60 valence electrons. The van der Waals surface area contributed by atoms with Crippen LogP contribution in [-0.2, 0) is 0 Å². The molecule has 0 aromatic carbocycles. The normalized spacial score (nSPS) is 17.0. The highest BCUT2D eigenvalue weighted by Gasteiger charge is 2.28. The molecule has 2 aromatic heterocycles. The number of fused-ring (bicyclic) bond motifs is 1. The summed E-state index contributed by atoms with van der Waals surface area (Å²) in [5.41, 5.74) is 0. The zero-order valence-electron chi connectivity index (χ0n) is 6.51. The number of aromatic nitrogens is 4. The molecular weight excluding hydrogens is 152 g/mol. The van der Waals surface area contributed by atoms with Crippen molar-refractivity contribution in [2.24, 2.45) is 0 Å². The van der Waals surface area contributed by atoms with Crippen LogP contribution in [0, 0.1) is 0 Å². The highest BCUT2D eigenvalue weighted by molar-refractivity contribution is 5.28. The molecule has 0 aliphatic heterocycles. The van der Waals surface area contributed by atoms with Crippen molar-refractivity contribution in [1.29, 1.82) is 0 Å². The maximum absolute atomic E-state index is 4.11. The maximum Gasteiger partial charge on any atom is 0.254 e. The summed E-state index contributed by atoms with van der Waals surface area (Å²) in [7, 11) is 0. The van der Waals surface area contributed by atoms with Crippen LogP contribution in [0.2, 0.25) is 0 Å². The average molecular weight is 160 g/mol. The molecular formula is C8H8N4. The standard InChI is InChI=1S/C8H8N4/c1-4-9-8-11-10-7(6-2-3-6)12(8)5-1/h1,4-6H,2-3H2. The lowest BCUT2D eigenvalue weighted by Crippen LogP contribution is -1.91. The fourth-order valence-corrected chi connectivity index (χ4v) is 1.38. The fourth-order valence-electron chi connectivity index (χ4n) is 1.38. The molecule has 0 bridgehead atoms. The summed E-state index contributed by atoms with van der Waals surface area (Å²) in [6.07, 6.45) is 6.20. The molecule has 3 rings (SSSR count). The van der Waals surface area contributed by atoms with Gasteiger partial charge in [-0.3, -0.25) is 4.40 Å². The van der Waals surface area contributed by atoms with Gasteiger partial charge >= 0.3 is 0 Å². The highest BCUT2D eigenvalue weighted by atomic mass is 15.3. The van der Waals surface area contributed by atoms with Crippen LogP contribution >= 0.6 is 0 Å². The Balaban J connectivity index is 2.30. The van der Waals surface area contributed by atoms with Gasteiger partial charge < -0.3 is 0 Å². The van der Waals surface area contributed by atoms with Crippen LogP contribution in [-0.4, -0.2) is 19.6 Å². The Hall–Kier alpha value is -1.45. The summed E-state index contributed by atoms with van der Waals surface area (Å²) in [6.45, 7) is 0. The number of hydrogen-bond acceptors (Lipinski definition) is 3. The molecule has 1 fully saturated rings. The molecule has 2 aromatic rings. The lowest BCUT2D eigenvalue weighted by Gasteiger charge is -1.93. The van der Waals surface area contributed by atoms with Gasteiger partial charge in [0, 0.05) is 18.3 Å². The minimum absolute atomic E-state index is 0.629. The van der Waals surface area contributed by atoms with Gasteiger partial charge in [0.1, 0.15) is 5.82 Å². The molecule has 0 N–H and O–H groups in total. The minimum Gasteiger partial charge on any atom is -0.270 e. The van der Waals surface area contributed by atoms with E-state index in [0.717, 1.165) is 5.82 Å². The first-order chi connectivity index (χ1) is 5.95. The summed E-state index contributed by atoms with van der Waals surface area (Å²) in [5.74, 6) is 2.40. The van der Waals surface area contributed by atoms with Gasteiger partial charge in [0.05, 0.1) is 0 Å². The Morgan fingerprint density at radius 3 is 3.08 bits per heavy atom. The van der Waals surface area contributed by atoms with Gasteiger partial charge in [0.25, 0.3) is 5.78 Å². The third-order valence-corrected chi connectivity index (χ3v) is 2.16. The van der Waals surface area contributed by atoms with Gasteiger partial charge in [-0.25, -0.2) is 4.98 Å². The Bertz CT molecular complexity index is 416. The Labute approximate surface area is 69.3 Å². The SMILES string of the molecule is c1cnc2nnc(C3CC3)n2c1. The Morgan fingerprint density at radius 1 is 1.33 bits per heavy atom. The van der Waals surface area contributed by atoms with Gasteiger partial charge in [-0.15, -0.1) is 10.2 Å². The van der Waals surface area contributed by atoms with Gasteiger partial charge in [-0.2, -0.15) is 0 Å². The van der Waals surface area contributed by atoms with Crippen molar-refractivity contribution in [1.82, 2.24) is 19.6 Å². The zero-order valence-corrected chi connectivity index (χ0v) is 6.51. The Morgan fingerprint density at radius 2 is 2.25 bits per heavy atom. The first kappa shape index (κ1) is 6.11. The summed E-state index contributed by atoms with van der Waals surface area (Å²) in [6, 6.07) is 1.90. The van der Waals surface area contributed by atoms with Gasteiger partial charge in [-0.1, -0.05) is 0 Å². The van der Waals surface area contributed by atoms with Crippen molar-refractivity contribution in [3.8, 4) is 0 Å². The second kappa shape index (κ2) is 2.03. The molecule has 0 spiro atoms. The van der Waals surface area contributed by atoms with Crippen LogP contribution < -0.4 is 0 Å². The third kappa shape index (κ3) is 0.747. The Kier molecular flexibility index (Phi) is 1.03. The van der Waals surface area contributed by atoms with Crippen LogP contribution in [0.5, 0.6) is 0 Å². The lowest BCUT2D eigenvalue weighted by molar-refractivity contribution is 0.895. The first-order valence-corrected chi connectivity index (χ1v) is 4.11. The monoisotopic (exact) mass is 160 g/mol. The van der Waals surface area contributed by atoms with Crippen LogP contribution in [0.1, 0.15) is 24.6 Å². The van der Waals surface area contributed by atoms with E-state index in [9.17, 15) is 0 Å². The predicted molar refractivity (Wildman–Crippen MR) is 42.8 cm³/mol. The van der Waals surface area contributed by atoms with Crippen molar-refractivity contribution in [2.45, 2.75) is 18.8 Å². The van der Waals surface area contributed by atoms with E-state index in [4.69, 9.17) is 0 Å². The van der Waals surface area contributed by atoms with Crippen molar-refractivity contribution >= 4 is 5.78 Å². The van der Waals surface area contributed by atoms with Crippen LogP contribution in [0.15, 0.2) is 18.5 Å². The molecule has 0 atom stereocenters. The topological polar surface area (TPSA) is 43.1 Å². The van der Waals surface area contributed by atoms with E-state index in [2.05, 4.69) is 15.2 Å².